The molecule has 0 heterocycles. The van der Waals surface area contributed by atoms with Crippen LogP contribution in [-0.2, 0) is 19.2 Å². The Kier molecular flexibility index (Phi) is 13.3. The summed E-state index contributed by atoms with van der Waals surface area (Å²) < 4.78 is 0. The highest BCUT2D eigenvalue weighted by atomic mass is 32.2. The summed E-state index contributed by atoms with van der Waals surface area (Å²) in [5, 5.41) is 26.0. The minimum atomic E-state index is -1.17. The maximum atomic E-state index is 12.8. The lowest BCUT2D eigenvalue weighted by atomic mass is 9.99. The number of carboxylic acid groups (broad SMARTS) is 1. The molecule has 0 radical (unpaired) electrons. The Morgan fingerprint density at radius 1 is 0.933 bits per heavy atom. The van der Waals surface area contributed by atoms with E-state index in [0.29, 0.717) is 12.2 Å². The Bertz CT molecular complexity index is 587. The average Bonchev–Trinajstić information content (AvgIpc) is 2.66. The summed E-state index contributed by atoms with van der Waals surface area (Å²) >= 11 is 1.47. The van der Waals surface area contributed by atoms with Gasteiger partial charge in [0, 0.05) is 0 Å². The van der Waals surface area contributed by atoms with Crippen LogP contribution in [0.15, 0.2) is 0 Å². The maximum Gasteiger partial charge on any atom is 0.326 e. The van der Waals surface area contributed by atoms with Crippen LogP contribution in [0.2, 0.25) is 0 Å². The van der Waals surface area contributed by atoms with Crippen molar-refractivity contribution in [2.75, 3.05) is 18.6 Å². The van der Waals surface area contributed by atoms with E-state index < -0.39 is 54.5 Å². The zero-order chi connectivity index (χ0) is 23.4. The molecule has 4 atom stereocenters. The van der Waals surface area contributed by atoms with E-state index in [2.05, 4.69) is 16.0 Å². The molecule has 0 aromatic heterocycles. The van der Waals surface area contributed by atoms with Crippen LogP contribution in [0.4, 0.5) is 0 Å². The second-order valence-corrected chi connectivity index (χ2v) is 8.88. The van der Waals surface area contributed by atoms with Crippen molar-refractivity contribution >= 4 is 35.5 Å². The number of carbonyl (C=O) groups excluding carboxylic acids is 3. The van der Waals surface area contributed by atoms with Gasteiger partial charge in [0.15, 0.2) is 0 Å². The lowest BCUT2D eigenvalue weighted by Crippen LogP contribution is -2.59. The zero-order valence-electron chi connectivity index (χ0n) is 18.3. The summed E-state index contributed by atoms with van der Waals surface area (Å²) in [7, 11) is 0. The zero-order valence-corrected chi connectivity index (χ0v) is 19.1. The van der Waals surface area contributed by atoms with Crippen LogP contribution in [0.25, 0.3) is 0 Å². The Hall–Kier alpha value is -1.85. The van der Waals surface area contributed by atoms with Crippen LogP contribution in [0, 0.1) is 11.8 Å². The third-order valence-electron chi connectivity index (χ3n) is 4.35. The molecule has 0 saturated heterocycles. The molecule has 0 aliphatic rings. The summed E-state index contributed by atoms with van der Waals surface area (Å²) in [6, 6.07) is -4.15. The number of hydrogen-bond acceptors (Lipinski definition) is 7. The number of hydrogen-bond donors (Lipinski definition) is 6. The van der Waals surface area contributed by atoms with Gasteiger partial charge in [-0.2, -0.15) is 11.8 Å². The van der Waals surface area contributed by atoms with Crippen molar-refractivity contribution in [2.45, 2.75) is 64.7 Å². The van der Waals surface area contributed by atoms with E-state index in [-0.39, 0.29) is 18.3 Å². The Morgan fingerprint density at radius 3 is 1.93 bits per heavy atom. The third-order valence-corrected chi connectivity index (χ3v) is 4.99. The number of aliphatic hydroxyl groups is 1. The van der Waals surface area contributed by atoms with E-state index in [9.17, 15) is 24.3 Å². The fourth-order valence-corrected chi connectivity index (χ4v) is 3.08. The van der Waals surface area contributed by atoms with E-state index in [4.69, 9.17) is 10.8 Å². The van der Waals surface area contributed by atoms with Gasteiger partial charge in [-0.15, -0.1) is 0 Å². The van der Waals surface area contributed by atoms with E-state index in [1.54, 1.807) is 13.8 Å². The monoisotopic (exact) mass is 448 g/mol. The SMILES string of the molecule is CSCCC(NC(=O)C(CC(C)C)NC(=O)C(NC(=O)C(N)CO)C(C)C)C(=O)O. The van der Waals surface area contributed by atoms with Crippen LogP contribution in [0.5, 0.6) is 0 Å². The first kappa shape index (κ1) is 28.1. The third kappa shape index (κ3) is 10.3. The van der Waals surface area contributed by atoms with Crippen LogP contribution in [0.3, 0.4) is 0 Å². The van der Waals surface area contributed by atoms with Crippen molar-refractivity contribution in [2.24, 2.45) is 17.6 Å². The molecule has 0 rings (SSSR count). The lowest BCUT2D eigenvalue weighted by Gasteiger charge is -2.27. The molecule has 0 bridgehead atoms. The second-order valence-electron chi connectivity index (χ2n) is 7.89. The number of aliphatic carboxylic acids is 1. The summed E-state index contributed by atoms with van der Waals surface area (Å²) in [5.74, 6) is -2.70. The van der Waals surface area contributed by atoms with Gasteiger partial charge in [-0.25, -0.2) is 4.79 Å². The molecule has 3 amide bonds. The van der Waals surface area contributed by atoms with Gasteiger partial charge in [0.2, 0.25) is 17.7 Å². The molecule has 7 N–H and O–H groups in total. The number of nitrogens with one attached hydrogen (secondary N) is 3. The molecule has 0 fully saturated rings. The van der Waals surface area contributed by atoms with Crippen LogP contribution < -0.4 is 21.7 Å². The van der Waals surface area contributed by atoms with Gasteiger partial charge in [-0.05, 0) is 36.7 Å². The van der Waals surface area contributed by atoms with E-state index in [1.165, 1.54) is 11.8 Å². The Balaban J connectivity index is 5.35. The van der Waals surface area contributed by atoms with Crippen molar-refractivity contribution in [3.8, 4) is 0 Å². The maximum absolute atomic E-state index is 12.8. The second kappa shape index (κ2) is 14.2. The normalized spacial score (nSPS) is 15.2. The van der Waals surface area contributed by atoms with Crippen molar-refractivity contribution in [1.82, 2.24) is 16.0 Å². The van der Waals surface area contributed by atoms with E-state index >= 15 is 0 Å². The fraction of sp³-hybridized carbons (Fsp3) is 0.789. The van der Waals surface area contributed by atoms with Gasteiger partial charge >= 0.3 is 5.97 Å². The molecule has 10 nitrogen and oxygen atoms in total. The molecule has 0 spiro atoms. The van der Waals surface area contributed by atoms with Crippen LogP contribution in [-0.4, -0.2) is 76.7 Å². The predicted octanol–water partition coefficient (Wildman–Crippen LogP) is -0.700. The van der Waals surface area contributed by atoms with Crippen LogP contribution in [0.1, 0.15) is 40.5 Å². The van der Waals surface area contributed by atoms with Gasteiger partial charge in [-0.1, -0.05) is 27.7 Å². The molecule has 4 unspecified atom stereocenters. The van der Waals surface area contributed by atoms with Crippen LogP contribution >= 0.6 is 11.8 Å². The number of nitrogens with two attached hydrogens (primary N) is 1. The fourth-order valence-electron chi connectivity index (χ4n) is 2.61. The lowest BCUT2D eigenvalue weighted by molar-refractivity contribution is -0.142. The van der Waals surface area contributed by atoms with E-state index in [0.717, 1.165) is 0 Å². The summed E-state index contributed by atoms with van der Waals surface area (Å²) in [5.41, 5.74) is 5.49. The summed E-state index contributed by atoms with van der Waals surface area (Å²) in [6.45, 7) is 6.61. The molecule has 0 saturated carbocycles. The van der Waals surface area contributed by atoms with Crippen molar-refractivity contribution in [3.05, 3.63) is 0 Å². The topological polar surface area (TPSA) is 171 Å². The Labute approximate surface area is 182 Å². The smallest absolute Gasteiger partial charge is 0.326 e. The number of carbonyl (C=O) groups is 4. The first-order valence-electron chi connectivity index (χ1n) is 9.93. The number of amides is 3. The molecule has 0 aromatic rings. The largest absolute Gasteiger partial charge is 0.480 e. The number of carboxylic acids is 1. The highest BCUT2D eigenvalue weighted by molar-refractivity contribution is 7.98. The highest BCUT2D eigenvalue weighted by Crippen LogP contribution is 2.09. The molecular formula is C19H36N4O6S. The molecule has 174 valence electrons. The number of aliphatic hydroxyl groups excluding tert-OH is 1. The molecule has 0 aromatic carbocycles. The van der Waals surface area contributed by atoms with Gasteiger partial charge in [-0.3, -0.25) is 14.4 Å². The van der Waals surface area contributed by atoms with Gasteiger partial charge in [0.05, 0.1) is 6.61 Å². The minimum Gasteiger partial charge on any atom is -0.480 e. The predicted molar refractivity (Wildman–Crippen MR) is 116 cm³/mol. The molecule has 0 aliphatic heterocycles. The van der Waals surface area contributed by atoms with E-state index in [1.807, 2.05) is 20.1 Å². The quantitative estimate of drug-likeness (QED) is 0.202. The van der Waals surface area contributed by atoms with Gasteiger partial charge < -0.3 is 31.9 Å². The summed E-state index contributed by atoms with van der Waals surface area (Å²) in [4.78, 5) is 48.9. The molecule has 30 heavy (non-hydrogen) atoms. The summed E-state index contributed by atoms with van der Waals surface area (Å²) in [6.07, 6.45) is 2.39. The van der Waals surface area contributed by atoms with Crippen molar-refractivity contribution in [1.29, 1.82) is 0 Å². The number of rotatable bonds is 14. The minimum absolute atomic E-state index is 0.0467. The van der Waals surface area contributed by atoms with Gasteiger partial charge in [0.25, 0.3) is 0 Å². The first-order chi connectivity index (χ1) is 13.9. The van der Waals surface area contributed by atoms with Crippen molar-refractivity contribution in [3.63, 3.8) is 0 Å². The molecular weight excluding hydrogens is 412 g/mol. The Morgan fingerprint density at radius 2 is 1.50 bits per heavy atom. The van der Waals surface area contributed by atoms with Crippen molar-refractivity contribution < 1.29 is 29.4 Å². The average molecular weight is 449 g/mol. The molecule has 0 aliphatic carbocycles. The highest BCUT2D eigenvalue weighted by Gasteiger charge is 2.31. The first-order valence-corrected chi connectivity index (χ1v) is 11.3. The van der Waals surface area contributed by atoms with Gasteiger partial charge in [0.1, 0.15) is 24.2 Å². The standard InChI is InChI=1S/C19H36N4O6S/c1-10(2)8-14(17(26)21-13(19(28)29)6-7-30-5)22-18(27)15(11(3)4)23-16(25)12(20)9-24/h10-15,24H,6-9,20H2,1-5H3,(H,21,26)(H,22,27)(H,23,25)(H,28,29). The molecule has 11 heteroatoms. The number of thioether (sulfide) groups is 1.